The SMILES string of the molecule is CCOC(=O)N(SN(C(=O)N1N=C(c2ccc(Cl)cc2)C(c2ccc(Cl)cc2)C1C)c1ccc(C(F)(F)F)cc1)C(C)C. The maximum atomic E-state index is 14.3. The molecule has 1 heterocycles. The minimum atomic E-state index is -4.57. The van der Waals surface area contributed by atoms with Crippen molar-refractivity contribution < 1.29 is 27.5 Å². The number of carbonyl (C=O) groups excluding carboxylic acids is 2. The zero-order valence-corrected chi connectivity index (χ0v) is 26.0. The van der Waals surface area contributed by atoms with E-state index in [1.807, 2.05) is 19.1 Å². The van der Waals surface area contributed by atoms with Gasteiger partial charge >= 0.3 is 18.3 Å². The smallest absolute Gasteiger partial charge is 0.421 e. The molecule has 0 saturated carbocycles. The van der Waals surface area contributed by atoms with Crippen molar-refractivity contribution in [1.29, 1.82) is 0 Å². The van der Waals surface area contributed by atoms with Crippen LogP contribution < -0.4 is 4.31 Å². The molecule has 0 radical (unpaired) electrons. The van der Waals surface area contributed by atoms with Gasteiger partial charge in [0, 0.05) is 16.1 Å². The summed E-state index contributed by atoms with van der Waals surface area (Å²) >= 11 is 13.0. The van der Waals surface area contributed by atoms with Gasteiger partial charge in [0.15, 0.2) is 0 Å². The van der Waals surface area contributed by atoms with Crippen LogP contribution in [0.25, 0.3) is 0 Å². The summed E-state index contributed by atoms with van der Waals surface area (Å²) in [5, 5.41) is 7.09. The predicted molar refractivity (Wildman–Crippen MR) is 164 cm³/mol. The minimum Gasteiger partial charge on any atom is -0.449 e. The Kier molecular flexibility index (Phi) is 10.2. The highest BCUT2D eigenvalue weighted by Crippen LogP contribution is 2.39. The molecule has 0 aliphatic carbocycles. The van der Waals surface area contributed by atoms with Crippen LogP contribution >= 0.6 is 35.3 Å². The molecule has 0 fully saturated rings. The second-order valence-corrected chi connectivity index (χ2v) is 11.7. The molecule has 228 valence electrons. The molecule has 0 N–H and O–H groups in total. The van der Waals surface area contributed by atoms with Gasteiger partial charge in [0.1, 0.15) is 0 Å². The van der Waals surface area contributed by atoms with Crippen LogP contribution in [-0.2, 0) is 10.9 Å². The first kappa shape index (κ1) is 32.5. The van der Waals surface area contributed by atoms with Gasteiger partial charge in [-0.1, -0.05) is 47.5 Å². The fraction of sp³-hybridized carbons (Fsp3) is 0.300. The van der Waals surface area contributed by atoms with Crippen molar-refractivity contribution >= 4 is 58.9 Å². The van der Waals surface area contributed by atoms with Crippen LogP contribution in [0.15, 0.2) is 77.9 Å². The monoisotopic (exact) mass is 652 g/mol. The third kappa shape index (κ3) is 7.39. The van der Waals surface area contributed by atoms with Crippen molar-refractivity contribution in [1.82, 2.24) is 9.31 Å². The number of urea groups is 1. The number of benzene rings is 3. The summed E-state index contributed by atoms with van der Waals surface area (Å²) in [5.74, 6) is -0.381. The molecule has 3 aromatic rings. The third-order valence-corrected chi connectivity index (χ3v) is 8.41. The summed E-state index contributed by atoms with van der Waals surface area (Å²) in [6.07, 6.45) is -5.27. The van der Waals surface area contributed by atoms with Crippen molar-refractivity contribution in [3.63, 3.8) is 0 Å². The van der Waals surface area contributed by atoms with Gasteiger partial charge in [-0.15, -0.1) is 0 Å². The Morgan fingerprint density at radius 2 is 1.53 bits per heavy atom. The van der Waals surface area contributed by atoms with Crippen molar-refractivity contribution in [2.75, 3.05) is 10.9 Å². The Morgan fingerprint density at radius 3 is 2.05 bits per heavy atom. The van der Waals surface area contributed by atoms with Gasteiger partial charge in [0.25, 0.3) is 0 Å². The van der Waals surface area contributed by atoms with E-state index in [2.05, 4.69) is 0 Å². The molecule has 1 aliphatic rings. The molecule has 4 rings (SSSR count). The van der Waals surface area contributed by atoms with E-state index in [9.17, 15) is 22.8 Å². The molecular weight excluding hydrogens is 624 g/mol. The molecule has 1 aliphatic heterocycles. The highest BCUT2D eigenvalue weighted by atomic mass is 35.5. The number of hydrogen-bond donors (Lipinski definition) is 0. The largest absolute Gasteiger partial charge is 0.449 e. The average molecular weight is 654 g/mol. The molecule has 43 heavy (non-hydrogen) atoms. The molecular formula is C30H29Cl2F3N4O3S. The number of hydrogen-bond acceptors (Lipinski definition) is 5. The van der Waals surface area contributed by atoms with Gasteiger partial charge in [-0.3, -0.25) is 0 Å². The number of halogens is 5. The van der Waals surface area contributed by atoms with Crippen molar-refractivity contribution in [3.8, 4) is 0 Å². The number of carbonyl (C=O) groups is 2. The third-order valence-electron chi connectivity index (χ3n) is 6.63. The molecule has 0 aromatic heterocycles. The molecule has 3 aromatic carbocycles. The van der Waals surface area contributed by atoms with Gasteiger partial charge in [-0.2, -0.15) is 18.3 Å². The molecule has 0 saturated heterocycles. The standard InChI is InChI=1S/C30H29Cl2F3N4O3S/c1-5-42-29(41)38(18(2)3)43-39(25-16-10-22(11-17-25)30(33,34)35)28(40)37-19(4)26(20-6-12-23(31)13-7-20)27(36-37)21-8-14-24(32)15-9-21/h6-19,26H,5H2,1-4H3. The number of alkyl halides is 3. The lowest BCUT2D eigenvalue weighted by Gasteiger charge is -2.33. The van der Waals surface area contributed by atoms with Gasteiger partial charge in [-0.25, -0.2) is 23.2 Å². The summed E-state index contributed by atoms with van der Waals surface area (Å²) in [5.41, 5.74) is 1.41. The zero-order valence-electron chi connectivity index (χ0n) is 23.7. The van der Waals surface area contributed by atoms with E-state index in [-0.39, 0.29) is 18.2 Å². The van der Waals surface area contributed by atoms with Crippen molar-refractivity contribution in [3.05, 3.63) is 99.5 Å². The van der Waals surface area contributed by atoms with Crippen LogP contribution in [0.1, 0.15) is 50.3 Å². The summed E-state index contributed by atoms with van der Waals surface area (Å²) in [7, 11) is 0. The topological polar surface area (TPSA) is 65.5 Å². The number of amides is 3. The molecule has 2 atom stereocenters. The minimum absolute atomic E-state index is 0.0948. The van der Waals surface area contributed by atoms with Gasteiger partial charge < -0.3 is 4.74 Å². The normalized spacial score (nSPS) is 16.7. The van der Waals surface area contributed by atoms with E-state index in [1.54, 1.807) is 57.2 Å². The lowest BCUT2D eigenvalue weighted by molar-refractivity contribution is -0.137. The molecule has 3 amide bonds. The number of rotatable bonds is 7. The highest BCUT2D eigenvalue weighted by molar-refractivity contribution is 7.99. The molecule has 0 spiro atoms. The summed E-state index contributed by atoms with van der Waals surface area (Å²) in [4.78, 5) is 27.1. The summed E-state index contributed by atoms with van der Waals surface area (Å²) < 4.78 is 47.6. The quantitative estimate of drug-likeness (QED) is 0.239. The number of hydrazone groups is 1. The molecule has 7 nitrogen and oxygen atoms in total. The maximum Gasteiger partial charge on any atom is 0.421 e. The Balaban J connectivity index is 1.79. The second-order valence-electron chi connectivity index (χ2n) is 9.93. The van der Waals surface area contributed by atoms with Crippen molar-refractivity contribution in [2.45, 2.75) is 51.9 Å². The van der Waals surface area contributed by atoms with Crippen LogP contribution in [0.5, 0.6) is 0 Å². The first-order chi connectivity index (χ1) is 20.3. The van der Waals surface area contributed by atoms with Gasteiger partial charge in [0.2, 0.25) is 0 Å². The lowest BCUT2D eigenvalue weighted by atomic mass is 9.86. The Bertz CT molecular complexity index is 1470. The van der Waals surface area contributed by atoms with E-state index in [0.29, 0.717) is 15.8 Å². The van der Waals surface area contributed by atoms with Crippen molar-refractivity contribution in [2.24, 2.45) is 5.10 Å². The highest BCUT2D eigenvalue weighted by Gasteiger charge is 2.42. The van der Waals surface area contributed by atoms with E-state index < -0.39 is 35.9 Å². The predicted octanol–water partition coefficient (Wildman–Crippen LogP) is 9.26. The van der Waals surface area contributed by atoms with Gasteiger partial charge in [-0.05, 0) is 87.4 Å². The van der Waals surface area contributed by atoms with E-state index in [0.717, 1.165) is 39.7 Å². The van der Waals surface area contributed by atoms with E-state index in [1.165, 1.54) is 21.4 Å². The first-order valence-electron chi connectivity index (χ1n) is 13.4. The molecule has 0 bridgehead atoms. The fourth-order valence-corrected chi connectivity index (χ4v) is 5.61. The molecule has 2 unspecified atom stereocenters. The van der Waals surface area contributed by atoms with Gasteiger partial charge in [0.05, 0.1) is 47.7 Å². The Labute approximate surface area is 262 Å². The molecule has 13 heteroatoms. The van der Waals surface area contributed by atoms with Crippen LogP contribution in [0.2, 0.25) is 10.0 Å². The van der Waals surface area contributed by atoms with Crippen LogP contribution in [0.3, 0.4) is 0 Å². The summed E-state index contributed by atoms with van der Waals surface area (Å²) in [6, 6.07) is 16.7. The number of ether oxygens (including phenoxy) is 1. The number of nitrogens with zero attached hydrogens (tertiary/aromatic N) is 4. The van der Waals surface area contributed by atoms with Crippen LogP contribution in [0.4, 0.5) is 28.4 Å². The lowest BCUT2D eigenvalue weighted by Crippen LogP contribution is -2.44. The van der Waals surface area contributed by atoms with Crippen LogP contribution in [-0.4, -0.2) is 45.8 Å². The first-order valence-corrected chi connectivity index (χ1v) is 14.8. The maximum absolute atomic E-state index is 14.3. The Morgan fingerprint density at radius 1 is 0.977 bits per heavy atom. The van der Waals surface area contributed by atoms with E-state index >= 15 is 0 Å². The summed E-state index contributed by atoms with van der Waals surface area (Å²) in [6.45, 7) is 7.02. The van der Waals surface area contributed by atoms with Crippen LogP contribution in [0, 0.1) is 0 Å². The zero-order chi connectivity index (χ0) is 31.5. The number of anilines is 1. The fourth-order valence-electron chi connectivity index (χ4n) is 4.51. The van der Waals surface area contributed by atoms with E-state index in [4.69, 9.17) is 33.0 Å². The average Bonchev–Trinajstić information content (AvgIpc) is 3.30. The Hall–Kier alpha value is -3.41. The second kappa shape index (κ2) is 13.5.